The Hall–Kier alpha value is -1.79. The van der Waals surface area contributed by atoms with Gasteiger partial charge in [-0.05, 0) is 36.8 Å². The molecule has 106 valence electrons. The summed E-state index contributed by atoms with van der Waals surface area (Å²) in [5.41, 5.74) is 6.22. The van der Waals surface area contributed by atoms with Crippen molar-refractivity contribution in [1.82, 2.24) is 0 Å². The van der Waals surface area contributed by atoms with E-state index in [-0.39, 0.29) is 15.6 Å². The number of nitrogens with one attached hydrogen (secondary N) is 1. The zero-order chi connectivity index (χ0) is 14.9. The number of hydrogen-bond acceptors (Lipinski definition) is 3. The van der Waals surface area contributed by atoms with Gasteiger partial charge in [0.25, 0.3) is 10.0 Å². The van der Waals surface area contributed by atoms with Gasteiger partial charge in [0.1, 0.15) is 0 Å². The van der Waals surface area contributed by atoms with Gasteiger partial charge in [0, 0.05) is 5.69 Å². The minimum atomic E-state index is -3.93. The number of nitrogen functional groups attached to an aromatic ring is 1. The summed E-state index contributed by atoms with van der Waals surface area (Å²) in [6.45, 7) is 1.58. The van der Waals surface area contributed by atoms with Gasteiger partial charge in [-0.25, -0.2) is 12.8 Å². The summed E-state index contributed by atoms with van der Waals surface area (Å²) in [5, 5.41) is -0.158. The van der Waals surface area contributed by atoms with E-state index in [2.05, 4.69) is 4.72 Å². The molecule has 2 aromatic rings. The van der Waals surface area contributed by atoms with Crippen LogP contribution in [0.25, 0.3) is 0 Å². The molecule has 3 N–H and O–H groups in total. The standard InChI is InChI=1S/C13H12ClFN2O2S/c1-8-10(16)5-3-7-12(8)20(18,19)17-11-6-2-4-9(14)13(11)15/h2-7,17H,16H2,1H3. The second kappa shape index (κ2) is 5.30. The number of benzene rings is 2. The highest BCUT2D eigenvalue weighted by molar-refractivity contribution is 7.92. The predicted molar refractivity (Wildman–Crippen MR) is 77.8 cm³/mol. The van der Waals surface area contributed by atoms with Crippen molar-refractivity contribution in [2.24, 2.45) is 0 Å². The normalized spacial score (nSPS) is 11.3. The van der Waals surface area contributed by atoms with Crippen LogP contribution in [0.3, 0.4) is 0 Å². The average Bonchev–Trinajstić information content (AvgIpc) is 2.38. The molecule has 0 fully saturated rings. The molecular weight excluding hydrogens is 303 g/mol. The van der Waals surface area contributed by atoms with E-state index in [1.807, 2.05) is 0 Å². The second-order valence-corrected chi connectivity index (χ2v) is 6.24. The Bertz CT molecular complexity index is 763. The molecule has 20 heavy (non-hydrogen) atoms. The average molecular weight is 315 g/mol. The van der Waals surface area contributed by atoms with E-state index in [0.717, 1.165) is 0 Å². The van der Waals surface area contributed by atoms with Gasteiger partial charge < -0.3 is 5.73 Å². The maximum absolute atomic E-state index is 13.7. The largest absolute Gasteiger partial charge is 0.398 e. The first-order chi connectivity index (χ1) is 9.33. The number of halogens is 2. The van der Waals surface area contributed by atoms with Crippen molar-refractivity contribution in [3.05, 3.63) is 52.8 Å². The van der Waals surface area contributed by atoms with Crippen LogP contribution < -0.4 is 10.5 Å². The molecule has 0 aliphatic rings. The molecule has 0 spiro atoms. The van der Waals surface area contributed by atoms with Gasteiger partial charge in [0.15, 0.2) is 5.82 Å². The summed E-state index contributed by atoms with van der Waals surface area (Å²) in [6.07, 6.45) is 0. The Morgan fingerprint density at radius 1 is 1.20 bits per heavy atom. The quantitative estimate of drug-likeness (QED) is 0.855. The fourth-order valence-corrected chi connectivity index (χ4v) is 3.22. The zero-order valence-corrected chi connectivity index (χ0v) is 12.1. The molecule has 2 rings (SSSR count). The van der Waals surface area contributed by atoms with Crippen LogP contribution in [0.15, 0.2) is 41.3 Å². The fraction of sp³-hybridized carbons (Fsp3) is 0.0769. The van der Waals surface area contributed by atoms with E-state index in [9.17, 15) is 12.8 Å². The SMILES string of the molecule is Cc1c(N)cccc1S(=O)(=O)Nc1cccc(Cl)c1F. The van der Waals surface area contributed by atoms with Crippen LogP contribution in [0.4, 0.5) is 15.8 Å². The molecular formula is C13H12ClFN2O2S. The third-order valence-corrected chi connectivity index (χ3v) is 4.61. The maximum Gasteiger partial charge on any atom is 0.262 e. The first kappa shape index (κ1) is 14.6. The highest BCUT2D eigenvalue weighted by atomic mass is 35.5. The summed E-state index contributed by atoms with van der Waals surface area (Å²) < 4.78 is 40.4. The molecule has 0 atom stereocenters. The van der Waals surface area contributed by atoms with Crippen LogP contribution in [0, 0.1) is 12.7 Å². The van der Waals surface area contributed by atoms with Crippen molar-refractivity contribution >= 4 is 33.0 Å². The fourth-order valence-electron chi connectivity index (χ4n) is 1.70. The second-order valence-electron chi connectivity index (χ2n) is 4.18. The van der Waals surface area contributed by atoms with Crippen molar-refractivity contribution < 1.29 is 12.8 Å². The van der Waals surface area contributed by atoms with Crippen LogP contribution >= 0.6 is 11.6 Å². The Balaban J connectivity index is 2.47. The molecule has 0 saturated carbocycles. The summed E-state index contributed by atoms with van der Waals surface area (Å²) >= 11 is 5.62. The van der Waals surface area contributed by atoms with Gasteiger partial charge in [-0.1, -0.05) is 23.7 Å². The predicted octanol–water partition coefficient (Wildman–Crippen LogP) is 3.17. The molecule has 0 radical (unpaired) electrons. The Labute approximate surface area is 121 Å². The monoisotopic (exact) mass is 314 g/mol. The Morgan fingerprint density at radius 2 is 1.85 bits per heavy atom. The summed E-state index contributed by atoms with van der Waals surface area (Å²) in [5.74, 6) is -0.820. The molecule has 0 aliphatic carbocycles. The topological polar surface area (TPSA) is 72.2 Å². The number of anilines is 2. The van der Waals surface area contributed by atoms with E-state index in [1.165, 1.54) is 30.3 Å². The lowest BCUT2D eigenvalue weighted by Gasteiger charge is -2.12. The lowest BCUT2D eigenvalue weighted by molar-refractivity contribution is 0.598. The third kappa shape index (κ3) is 2.71. The van der Waals surface area contributed by atoms with E-state index in [4.69, 9.17) is 17.3 Å². The van der Waals surface area contributed by atoms with Crippen LogP contribution in [0.5, 0.6) is 0 Å². The molecule has 2 aromatic carbocycles. The summed E-state index contributed by atoms with van der Waals surface area (Å²) in [6, 6.07) is 8.59. The Morgan fingerprint density at radius 3 is 2.55 bits per heavy atom. The third-order valence-electron chi connectivity index (χ3n) is 2.81. The van der Waals surface area contributed by atoms with Gasteiger partial charge in [0.2, 0.25) is 0 Å². The number of nitrogens with two attached hydrogens (primary N) is 1. The molecule has 0 unspecified atom stereocenters. The molecule has 0 aromatic heterocycles. The van der Waals surface area contributed by atoms with Crippen LogP contribution in [0.1, 0.15) is 5.56 Å². The van der Waals surface area contributed by atoms with Gasteiger partial charge in [0.05, 0.1) is 15.6 Å². The van der Waals surface area contributed by atoms with Gasteiger partial charge in [-0.15, -0.1) is 0 Å². The molecule has 0 aliphatic heterocycles. The molecule has 0 bridgehead atoms. The highest BCUT2D eigenvalue weighted by Crippen LogP contribution is 2.26. The first-order valence-electron chi connectivity index (χ1n) is 5.65. The lowest BCUT2D eigenvalue weighted by Crippen LogP contribution is -2.15. The number of rotatable bonds is 3. The summed E-state index contributed by atoms with van der Waals surface area (Å²) in [4.78, 5) is -0.00289. The van der Waals surface area contributed by atoms with E-state index < -0.39 is 15.8 Å². The van der Waals surface area contributed by atoms with Gasteiger partial charge in [-0.3, -0.25) is 4.72 Å². The van der Waals surface area contributed by atoms with Gasteiger partial charge in [-0.2, -0.15) is 0 Å². The smallest absolute Gasteiger partial charge is 0.262 e. The minimum Gasteiger partial charge on any atom is -0.398 e. The lowest BCUT2D eigenvalue weighted by atomic mass is 10.2. The van der Waals surface area contributed by atoms with Crippen molar-refractivity contribution in [3.63, 3.8) is 0 Å². The first-order valence-corrected chi connectivity index (χ1v) is 7.51. The highest BCUT2D eigenvalue weighted by Gasteiger charge is 2.20. The van der Waals surface area contributed by atoms with Crippen LogP contribution in [-0.4, -0.2) is 8.42 Å². The van der Waals surface area contributed by atoms with Crippen molar-refractivity contribution in [3.8, 4) is 0 Å². The maximum atomic E-state index is 13.7. The minimum absolute atomic E-state index is 0.00289. The Kier molecular flexibility index (Phi) is 3.87. The van der Waals surface area contributed by atoms with Crippen molar-refractivity contribution in [1.29, 1.82) is 0 Å². The number of sulfonamides is 1. The zero-order valence-electron chi connectivity index (χ0n) is 10.5. The van der Waals surface area contributed by atoms with Crippen molar-refractivity contribution in [2.75, 3.05) is 10.5 Å². The van der Waals surface area contributed by atoms with E-state index >= 15 is 0 Å². The van der Waals surface area contributed by atoms with E-state index in [0.29, 0.717) is 11.3 Å². The van der Waals surface area contributed by atoms with Gasteiger partial charge >= 0.3 is 0 Å². The number of hydrogen-bond donors (Lipinski definition) is 2. The van der Waals surface area contributed by atoms with E-state index in [1.54, 1.807) is 13.0 Å². The van der Waals surface area contributed by atoms with Crippen LogP contribution in [-0.2, 0) is 10.0 Å². The molecule has 4 nitrogen and oxygen atoms in total. The summed E-state index contributed by atoms with van der Waals surface area (Å²) in [7, 11) is -3.93. The van der Waals surface area contributed by atoms with Crippen LogP contribution in [0.2, 0.25) is 5.02 Å². The van der Waals surface area contributed by atoms with Crippen molar-refractivity contribution in [2.45, 2.75) is 11.8 Å². The molecule has 7 heteroatoms. The molecule has 0 saturated heterocycles. The molecule has 0 amide bonds. The molecule has 0 heterocycles.